The summed E-state index contributed by atoms with van der Waals surface area (Å²) < 4.78 is 0. The maximum absolute atomic E-state index is 5.25. The predicted molar refractivity (Wildman–Crippen MR) is 29.1 cm³/mol. The number of nitrogens with zero attached hydrogens (tertiary/aromatic N) is 1. The van der Waals surface area contributed by atoms with Crippen molar-refractivity contribution in [1.82, 2.24) is 10.4 Å². The Morgan fingerprint density at radius 1 is 1.62 bits per heavy atom. The summed E-state index contributed by atoms with van der Waals surface area (Å²) in [6.07, 6.45) is 1.69. The molecule has 0 bridgehead atoms. The van der Waals surface area contributed by atoms with Crippen molar-refractivity contribution in [2.75, 3.05) is 19.7 Å². The topological polar surface area (TPSA) is 24.5 Å². The fourth-order valence-electron chi connectivity index (χ4n) is 1.28. The highest BCUT2D eigenvalue weighted by Crippen LogP contribution is 2.14. The Bertz CT molecular complexity index is 76.4. The van der Waals surface area contributed by atoms with Gasteiger partial charge >= 0.3 is 0 Å². The zero-order chi connectivity index (χ0) is 5.40. The van der Waals surface area contributed by atoms with E-state index in [2.05, 4.69) is 5.32 Å². The lowest BCUT2D eigenvalue weighted by Gasteiger charge is -2.09. The molecule has 0 saturated carbocycles. The van der Waals surface area contributed by atoms with Gasteiger partial charge in [-0.15, -0.1) is 0 Å². The highest BCUT2D eigenvalue weighted by atomic mass is 16.7. The van der Waals surface area contributed by atoms with Crippen LogP contribution in [0.3, 0.4) is 0 Å². The van der Waals surface area contributed by atoms with E-state index >= 15 is 0 Å². The zero-order valence-corrected chi connectivity index (χ0v) is 4.76. The highest BCUT2D eigenvalue weighted by Gasteiger charge is 2.29. The van der Waals surface area contributed by atoms with Crippen LogP contribution in [0.15, 0.2) is 0 Å². The van der Waals surface area contributed by atoms with Crippen LogP contribution < -0.4 is 5.32 Å². The van der Waals surface area contributed by atoms with Crippen LogP contribution in [0.5, 0.6) is 0 Å². The van der Waals surface area contributed by atoms with Crippen molar-refractivity contribution in [2.24, 2.45) is 0 Å². The van der Waals surface area contributed by atoms with E-state index in [1.807, 2.05) is 5.06 Å². The molecule has 8 heavy (non-hydrogen) atoms. The van der Waals surface area contributed by atoms with Gasteiger partial charge in [0, 0.05) is 19.5 Å². The van der Waals surface area contributed by atoms with Gasteiger partial charge in [0.15, 0.2) is 0 Å². The van der Waals surface area contributed by atoms with E-state index in [0.29, 0.717) is 6.17 Å². The average molecular weight is 114 g/mol. The van der Waals surface area contributed by atoms with Crippen LogP contribution in [-0.4, -0.2) is 30.9 Å². The van der Waals surface area contributed by atoms with Gasteiger partial charge in [-0.05, 0) is 0 Å². The van der Waals surface area contributed by atoms with Gasteiger partial charge in [-0.2, -0.15) is 5.06 Å². The minimum atomic E-state index is 0.537. The quantitative estimate of drug-likeness (QED) is 0.461. The Morgan fingerprint density at radius 3 is 3.50 bits per heavy atom. The van der Waals surface area contributed by atoms with Crippen molar-refractivity contribution in [3.8, 4) is 0 Å². The summed E-state index contributed by atoms with van der Waals surface area (Å²) in [6, 6.07) is 0. The summed E-state index contributed by atoms with van der Waals surface area (Å²) in [6.45, 7) is 3.05. The summed E-state index contributed by atoms with van der Waals surface area (Å²) >= 11 is 0. The number of rotatable bonds is 0. The normalized spacial score (nSPS) is 38.2. The lowest BCUT2D eigenvalue weighted by molar-refractivity contribution is -0.114. The summed E-state index contributed by atoms with van der Waals surface area (Å²) in [4.78, 5) is 5.25. The molecule has 2 rings (SSSR count). The Labute approximate surface area is 48.6 Å². The Balaban J connectivity index is 2.04. The molecule has 2 aliphatic heterocycles. The molecule has 0 aromatic carbocycles. The van der Waals surface area contributed by atoms with Crippen LogP contribution in [0.1, 0.15) is 6.42 Å². The van der Waals surface area contributed by atoms with Crippen LogP contribution in [-0.2, 0) is 4.84 Å². The first-order valence-electron chi connectivity index (χ1n) is 3.10. The maximum Gasteiger partial charge on any atom is 0.0867 e. The van der Waals surface area contributed by atoms with Gasteiger partial charge in [-0.1, -0.05) is 0 Å². The first-order chi connectivity index (χ1) is 3.97. The number of hydroxylamine groups is 2. The van der Waals surface area contributed by atoms with Gasteiger partial charge in [0.2, 0.25) is 0 Å². The minimum absolute atomic E-state index is 0.537. The molecule has 46 valence electrons. The van der Waals surface area contributed by atoms with Crippen LogP contribution in [0.4, 0.5) is 0 Å². The molecule has 1 N–H and O–H groups in total. The smallest absolute Gasteiger partial charge is 0.0867 e. The van der Waals surface area contributed by atoms with Crippen molar-refractivity contribution < 1.29 is 4.84 Å². The van der Waals surface area contributed by atoms with Gasteiger partial charge in [-0.3, -0.25) is 10.2 Å². The van der Waals surface area contributed by atoms with Gasteiger partial charge in [0.25, 0.3) is 0 Å². The molecule has 2 fully saturated rings. The molecule has 2 heterocycles. The van der Waals surface area contributed by atoms with Crippen LogP contribution in [0.2, 0.25) is 0 Å². The molecule has 0 spiro atoms. The Morgan fingerprint density at radius 2 is 2.62 bits per heavy atom. The molecule has 3 nitrogen and oxygen atoms in total. The Hall–Kier alpha value is -0.120. The summed E-state index contributed by atoms with van der Waals surface area (Å²) in [5, 5.41) is 5.35. The van der Waals surface area contributed by atoms with Gasteiger partial charge in [0.05, 0.1) is 12.8 Å². The van der Waals surface area contributed by atoms with Gasteiger partial charge in [0.1, 0.15) is 0 Å². The van der Waals surface area contributed by atoms with E-state index in [9.17, 15) is 0 Å². The SMILES string of the molecule is C1CN2OCCC2N1. The number of nitrogens with one attached hydrogen (secondary N) is 1. The fraction of sp³-hybridized carbons (Fsp3) is 1.00. The monoisotopic (exact) mass is 114 g/mol. The lowest BCUT2D eigenvalue weighted by atomic mass is 10.4. The lowest BCUT2D eigenvalue weighted by Crippen LogP contribution is -2.27. The minimum Gasteiger partial charge on any atom is -0.298 e. The largest absolute Gasteiger partial charge is 0.298 e. The maximum atomic E-state index is 5.25. The van der Waals surface area contributed by atoms with Crippen molar-refractivity contribution in [3.63, 3.8) is 0 Å². The molecule has 2 saturated heterocycles. The highest BCUT2D eigenvalue weighted by molar-refractivity contribution is 4.75. The molecule has 0 aromatic heterocycles. The third kappa shape index (κ3) is 0.555. The molecular weight excluding hydrogens is 104 g/mol. The van der Waals surface area contributed by atoms with E-state index in [-0.39, 0.29) is 0 Å². The van der Waals surface area contributed by atoms with E-state index in [0.717, 1.165) is 26.1 Å². The summed E-state index contributed by atoms with van der Waals surface area (Å²) in [5.74, 6) is 0. The third-order valence-corrected chi connectivity index (χ3v) is 1.71. The second kappa shape index (κ2) is 1.69. The summed E-state index contributed by atoms with van der Waals surface area (Å²) in [5.41, 5.74) is 0. The van der Waals surface area contributed by atoms with Gasteiger partial charge in [-0.25, -0.2) is 0 Å². The van der Waals surface area contributed by atoms with Crippen molar-refractivity contribution in [2.45, 2.75) is 12.6 Å². The van der Waals surface area contributed by atoms with Crippen LogP contribution in [0.25, 0.3) is 0 Å². The molecule has 3 heteroatoms. The predicted octanol–water partition coefficient (Wildman–Crippen LogP) is -0.447. The molecule has 0 radical (unpaired) electrons. The Kier molecular flexibility index (Phi) is 0.997. The van der Waals surface area contributed by atoms with E-state index in [1.165, 1.54) is 0 Å². The number of hydrogen-bond acceptors (Lipinski definition) is 3. The van der Waals surface area contributed by atoms with Crippen molar-refractivity contribution in [3.05, 3.63) is 0 Å². The molecular formula is C5H10N2O. The third-order valence-electron chi connectivity index (χ3n) is 1.71. The van der Waals surface area contributed by atoms with Crippen LogP contribution in [0, 0.1) is 0 Å². The molecule has 1 unspecified atom stereocenters. The van der Waals surface area contributed by atoms with E-state index in [1.54, 1.807) is 0 Å². The first-order valence-corrected chi connectivity index (χ1v) is 3.10. The molecule has 0 aliphatic carbocycles. The van der Waals surface area contributed by atoms with Crippen LogP contribution >= 0.6 is 0 Å². The molecule has 2 aliphatic rings. The molecule has 0 amide bonds. The van der Waals surface area contributed by atoms with Crippen molar-refractivity contribution >= 4 is 0 Å². The first kappa shape index (κ1) is 4.73. The molecule has 0 aromatic rings. The van der Waals surface area contributed by atoms with Gasteiger partial charge < -0.3 is 0 Å². The molecule has 1 atom stereocenters. The fourth-order valence-corrected chi connectivity index (χ4v) is 1.28. The standard InChI is InChI=1S/C5H10N2O/c1-4-8-7-3-2-6-5(1)7/h5-6H,1-4H2. The number of hydrogen-bond donors (Lipinski definition) is 1. The van der Waals surface area contributed by atoms with E-state index < -0.39 is 0 Å². The zero-order valence-electron chi connectivity index (χ0n) is 4.76. The second-order valence-corrected chi connectivity index (χ2v) is 2.23. The van der Waals surface area contributed by atoms with Crippen molar-refractivity contribution in [1.29, 1.82) is 0 Å². The van der Waals surface area contributed by atoms with E-state index in [4.69, 9.17) is 4.84 Å². The summed E-state index contributed by atoms with van der Waals surface area (Å²) in [7, 11) is 0. The average Bonchev–Trinajstić information content (AvgIpc) is 2.15. The number of fused-ring (bicyclic) bond motifs is 1. The second-order valence-electron chi connectivity index (χ2n) is 2.23.